The molecule has 2 saturated heterocycles. The van der Waals surface area contributed by atoms with Crippen LogP contribution in [-0.4, -0.2) is 56.5 Å². The fraction of sp³-hybridized carbons (Fsp3) is 0.643. The molecule has 4 rings (SSSR count). The molecule has 2 N–H and O–H groups in total. The van der Waals surface area contributed by atoms with E-state index in [9.17, 15) is 8.78 Å². The number of nitrogens with two attached hydrogens (primary N) is 1. The molecule has 28 heavy (non-hydrogen) atoms. The fourth-order valence-electron chi connectivity index (χ4n) is 3.24. The largest absolute Gasteiger partial charge is 0.382 e. The highest BCUT2D eigenvalue weighted by Gasteiger charge is 2.67. The van der Waals surface area contributed by atoms with Gasteiger partial charge >= 0.3 is 6.72 Å². The van der Waals surface area contributed by atoms with Crippen molar-refractivity contribution < 1.29 is 31.5 Å². The minimum absolute atomic E-state index is 0.00435. The Labute approximate surface area is 162 Å². The van der Waals surface area contributed by atoms with E-state index >= 15 is 4.39 Å². The molecule has 0 amide bonds. The SMILES string of the molecule is CC(C)OP1(=S)OC[C@]2(C(F)F)O[C@H](n3cnc4ncnc(N)c43)[C@@H](F)[C@H]2O1. The zero-order valence-corrected chi connectivity index (χ0v) is 16.4. The number of aromatic nitrogens is 4. The van der Waals surface area contributed by atoms with Crippen LogP contribution in [-0.2, 0) is 30.1 Å². The predicted molar refractivity (Wildman–Crippen MR) is 94.8 cm³/mol. The molecule has 0 saturated carbocycles. The van der Waals surface area contributed by atoms with Crippen LogP contribution in [0.2, 0.25) is 0 Å². The molecule has 4 heterocycles. The van der Waals surface area contributed by atoms with Crippen LogP contribution in [0.4, 0.5) is 19.0 Å². The van der Waals surface area contributed by atoms with E-state index in [1.165, 1.54) is 17.2 Å². The molecular formula is C14H17F3N5O4PS. The quantitative estimate of drug-likeness (QED) is 0.719. The molecule has 0 aromatic carbocycles. The fourth-order valence-corrected chi connectivity index (χ4v) is 5.82. The number of halogens is 3. The maximum atomic E-state index is 15.4. The van der Waals surface area contributed by atoms with Crippen molar-refractivity contribution in [3.8, 4) is 0 Å². The summed E-state index contributed by atoms with van der Waals surface area (Å²) in [5.74, 6) is 0.00435. The molecule has 2 fully saturated rings. The van der Waals surface area contributed by atoms with Gasteiger partial charge in [-0.15, -0.1) is 0 Å². The number of anilines is 1. The summed E-state index contributed by atoms with van der Waals surface area (Å²) in [6, 6.07) is 0. The molecule has 2 aromatic heterocycles. The first-order valence-corrected chi connectivity index (χ1v) is 10.9. The molecule has 0 radical (unpaired) electrons. The van der Waals surface area contributed by atoms with Crippen molar-refractivity contribution in [3.63, 3.8) is 0 Å². The Kier molecular flexibility index (Phi) is 4.88. The first kappa shape index (κ1) is 19.9. The van der Waals surface area contributed by atoms with Gasteiger partial charge in [-0.05, 0) is 25.7 Å². The van der Waals surface area contributed by atoms with Gasteiger partial charge in [0.2, 0.25) is 0 Å². The number of nitrogen functional groups attached to an aromatic ring is 1. The highest BCUT2D eigenvalue weighted by molar-refractivity contribution is 8.07. The van der Waals surface area contributed by atoms with Gasteiger partial charge in [-0.2, -0.15) is 0 Å². The van der Waals surface area contributed by atoms with Crippen molar-refractivity contribution >= 4 is 35.5 Å². The van der Waals surface area contributed by atoms with Crippen LogP contribution < -0.4 is 5.73 Å². The number of ether oxygens (including phenoxy) is 1. The van der Waals surface area contributed by atoms with Crippen LogP contribution in [0, 0.1) is 0 Å². The third kappa shape index (κ3) is 3.01. The van der Waals surface area contributed by atoms with Crippen molar-refractivity contribution in [1.82, 2.24) is 19.5 Å². The van der Waals surface area contributed by atoms with Crippen LogP contribution in [0.5, 0.6) is 0 Å². The van der Waals surface area contributed by atoms with Crippen molar-refractivity contribution in [2.24, 2.45) is 0 Å². The van der Waals surface area contributed by atoms with E-state index in [0.29, 0.717) is 0 Å². The second-order valence-corrected chi connectivity index (χ2v) is 9.61. The van der Waals surface area contributed by atoms with Gasteiger partial charge in [0.15, 0.2) is 29.5 Å². The summed E-state index contributed by atoms with van der Waals surface area (Å²) < 4.78 is 66.2. The Bertz CT molecular complexity index is 949. The van der Waals surface area contributed by atoms with Crippen LogP contribution in [0.1, 0.15) is 20.1 Å². The van der Waals surface area contributed by atoms with Gasteiger partial charge in [0.1, 0.15) is 24.3 Å². The highest BCUT2D eigenvalue weighted by Crippen LogP contribution is 2.62. The molecule has 2 aromatic rings. The van der Waals surface area contributed by atoms with Gasteiger partial charge < -0.3 is 19.5 Å². The number of hydrogen-bond acceptors (Lipinski definition) is 9. The second-order valence-electron chi connectivity index (χ2n) is 6.69. The van der Waals surface area contributed by atoms with Crippen LogP contribution in [0.3, 0.4) is 0 Å². The first-order chi connectivity index (χ1) is 13.2. The van der Waals surface area contributed by atoms with Gasteiger partial charge in [-0.3, -0.25) is 9.09 Å². The molecule has 1 unspecified atom stereocenters. The predicted octanol–water partition coefficient (Wildman–Crippen LogP) is 2.34. The van der Waals surface area contributed by atoms with Gasteiger partial charge in [0.25, 0.3) is 6.43 Å². The van der Waals surface area contributed by atoms with E-state index in [0.717, 1.165) is 0 Å². The molecule has 5 atom stereocenters. The smallest absolute Gasteiger partial charge is 0.328 e. The average Bonchev–Trinajstić information content (AvgIpc) is 3.15. The summed E-state index contributed by atoms with van der Waals surface area (Å²) in [5.41, 5.74) is 3.81. The highest BCUT2D eigenvalue weighted by atomic mass is 32.5. The average molecular weight is 439 g/mol. The van der Waals surface area contributed by atoms with Crippen molar-refractivity contribution in [3.05, 3.63) is 12.7 Å². The van der Waals surface area contributed by atoms with Crippen LogP contribution in [0.15, 0.2) is 12.7 Å². The molecule has 0 bridgehead atoms. The third-order valence-corrected chi connectivity index (χ3v) is 6.89. The van der Waals surface area contributed by atoms with E-state index < -0.39 is 50.0 Å². The summed E-state index contributed by atoms with van der Waals surface area (Å²) in [6.45, 7) is -0.731. The number of imidazole rings is 1. The lowest BCUT2D eigenvalue weighted by Crippen LogP contribution is -2.55. The Morgan fingerprint density at radius 2 is 2.14 bits per heavy atom. The lowest BCUT2D eigenvalue weighted by atomic mass is 9.97. The van der Waals surface area contributed by atoms with Crippen molar-refractivity contribution in [1.29, 1.82) is 0 Å². The van der Waals surface area contributed by atoms with Crippen LogP contribution >= 0.6 is 6.72 Å². The Morgan fingerprint density at radius 1 is 1.39 bits per heavy atom. The number of fused-ring (bicyclic) bond motifs is 2. The van der Waals surface area contributed by atoms with Gasteiger partial charge in [-0.25, -0.2) is 28.1 Å². The summed E-state index contributed by atoms with van der Waals surface area (Å²) in [4.78, 5) is 11.7. The summed E-state index contributed by atoms with van der Waals surface area (Å²) in [6.07, 6.45) is -6.34. The van der Waals surface area contributed by atoms with E-state index in [4.69, 9.17) is 35.8 Å². The topological polar surface area (TPSA) is 107 Å². The van der Waals surface area contributed by atoms with Gasteiger partial charge in [0, 0.05) is 0 Å². The Balaban J connectivity index is 1.74. The maximum Gasteiger partial charge on any atom is 0.328 e. The van der Waals surface area contributed by atoms with Crippen molar-refractivity contribution in [2.75, 3.05) is 12.3 Å². The van der Waals surface area contributed by atoms with Crippen molar-refractivity contribution in [2.45, 2.75) is 50.5 Å². The molecule has 2 aliphatic heterocycles. The maximum absolute atomic E-state index is 15.4. The van der Waals surface area contributed by atoms with E-state index in [1.807, 2.05) is 0 Å². The minimum atomic E-state index is -3.41. The number of hydrogen-bond donors (Lipinski definition) is 1. The first-order valence-electron chi connectivity index (χ1n) is 8.31. The molecule has 0 aliphatic carbocycles. The van der Waals surface area contributed by atoms with E-state index in [2.05, 4.69) is 15.0 Å². The number of alkyl halides is 3. The second kappa shape index (κ2) is 6.85. The standard InChI is InChI=1S/C14H17F3N5O4PS/c1-6(2)25-27(28)23-3-14(13(16)17)9(26-27)7(15)12(24-14)22-5-21-11-8(22)10(18)19-4-20-11/h4-7,9,12-13H,3H2,1-2H3,(H2,18,19,20)/t7-,9+,12-,14-,27?/m0/s1. The zero-order chi connectivity index (χ0) is 20.3. The zero-order valence-electron chi connectivity index (χ0n) is 14.7. The minimum Gasteiger partial charge on any atom is -0.382 e. The van der Waals surface area contributed by atoms with E-state index in [1.54, 1.807) is 13.8 Å². The molecule has 2 aliphatic rings. The molecule has 9 nitrogen and oxygen atoms in total. The summed E-state index contributed by atoms with van der Waals surface area (Å²) >= 11 is 5.20. The van der Waals surface area contributed by atoms with Crippen LogP contribution in [0.25, 0.3) is 11.2 Å². The summed E-state index contributed by atoms with van der Waals surface area (Å²) in [7, 11) is 0. The molecule has 0 spiro atoms. The number of rotatable bonds is 4. The number of nitrogens with zero attached hydrogens (tertiary/aromatic N) is 4. The summed E-state index contributed by atoms with van der Waals surface area (Å²) in [5, 5.41) is 0. The Morgan fingerprint density at radius 3 is 2.82 bits per heavy atom. The Hall–Kier alpha value is -1.37. The monoisotopic (exact) mass is 439 g/mol. The van der Waals surface area contributed by atoms with Gasteiger partial charge in [0.05, 0.1) is 12.7 Å². The van der Waals surface area contributed by atoms with E-state index in [-0.39, 0.29) is 17.0 Å². The molecule has 14 heteroatoms. The van der Waals surface area contributed by atoms with Gasteiger partial charge in [-0.1, -0.05) is 0 Å². The lowest BCUT2D eigenvalue weighted by molar-refractivity contribution is -0.203. The molecule has 154 valence electrons. The molecular weight excluding hydrogens is 422 g/mol. The normalized spacial score (nSPS) is 35.8. The third-order valence-electron chi connectivity index (χ3n) is 4.45. The lowest BCUT2D eigenvalue weighted by Gasteiger charge is -2.41.